The first-order valence-electron chi connectivity index (χ1n) is 23.3. The van der Waals surface area contributed by atoms with Crippen molar-refractivity contribution >= 4 is 43.9 Å². The molecule has 3 heterocycles. The van der Waals surface area contributed by atoms with E-state index in [1.807, 2.05) is 42.5 Å². The molecule has 0 saturated heterocycles. The van der Waals surface area contributed by atoms with Gasteiger partial charge in [-0.15, -0.1) is 0 Å². The van der Waals surface area contributed by atoms with Crippen LogP contribution < -0.4 is 0 Å². The molecule has 322 valence electrons. The van der Waals surface area contributed by atoms with Crippen LogP contribution in [-0.2, 0) is 5.41 Å². The maximum Gasteiger partial charge on any atom is 0.164 e. The summed E-state index contributed by atoms with van der Waals surface area (Å²) >= 11 is 0. The zero-order valence-electron chi connectivity index (χ0n) is 37.2. The first-order valence-corrected chi connectivity index (χ1v) is 23.3. The number of benzene rings is 10. The van der Waals surface area contributed by atoms with Crippen molar-refractivity contribution in [3.05, 3.63) is 259 Å². The van der Waals surface area contributed by atoms with Crippen LogP contribution in [0.15, 0.2) is 245 Å². The molecule has 0 saturated carbocycles. The normalized spacial score (nSPS) is 12.8. The number of nitrogens with zero attached hydrogens (tertiary/aromatic N) is 3. The third kappa shape index (κ3) is 6.14. The molecule has 5 nitrogen and oxygen atoms in total. The fourth-order valence-electron chi connectivity index (χ4n) is 10.9. The summed E-state index contributed by atoms with van der Waals surface area (Å²) in [6.45, 7) is 0. The molecule has 1 aliphatic carbocycles. The Morgan fingerprint density at radius 1 is 0.275 bits per heavy atom. The number of aromatic nitrogens is 3. The monoisotopic (exact) mass is 881 g/mol. The van der Waals surface area contributed by atoms with Crippen LogP contribution in [0.1, 0.15) is 22.3 Å². The molecule has 0 radical (unpaired) electrons. The Kier molecular flexibility index (Phi) is 8.73. The molecule has 0 N–H and O–H groups in total. The summed E-state index contributed by atoms with van der Waals surface area (Å²) in [6.07, 6.45) is 0. The molecule has 1 aliphatic rings. The van der Waals surface area contributed by atoms with E-state index in [1.54, 1.807) is 0 Å². The van der Waals surface area contributed by atoms with Crippen LogP contribution in [0.5, 0.6) is 0 Å². The van der Waals surface area contributed by atoms with Crippen molar-refractivity contribution in [2.24, 2.45) is 0 Å². The van der Waals surface area contributed by atoms with E-state index in [-0.39, 0.29) is 0 Å². The van der Waals surface area contributed by atoms with Crippen molar-refractivity contribution in [2.45, 2.75) is 5.41 Å². The predicted octanol–water partition coefficient (Wildman–Crippen LogP) is 16.4. The topological polar surface area (TPSA) is 65.0 Å². The molecule has 0 spiro atoms. The maximum absolute atomic E-state index is 6.65. The standard InChI is InChI=1S/C64H39N3O2/c1-4-15-40(16-5-1)41-27-29-42(30-28-41)61-65-62(45-32-35-51-50-22-11-13-25-56(50)69-59(51)39-45)67-63(66-61)52-23-14-26-58-60(52)53-37-43(33-36-57(53)68-58)44-31-34-49-48-21-10-12-24-54(48)64(55(49)38-44,46-17-6-2-7-18-46)47-19-8-3-9-20-47/h1-39H. The van der Waals surface area contributed by atoms with Crippen LogP contribution in [0.2, 0.25) is 0 Å². The molecule has 14 rings (SSSR count). The SMILES string of the molecule is c1ccc(-c2ccc(-c3nc(-c4ccc5c(c4)oc4ccccc45)nc(-c4cccc5oc6ccc(-c7ccc8c(c7)C(c7ccccc7)(c7ccccc7)c7ccccc7-8)cc6c45)n3)cc2)cc1. The minimum absolute atomic E-state index is 0.505. The first kappa shape index (κ1) is 39.0. The van der Waals surface area contributed by atoms with E-state index in [0.717, 1.165) is 82.8 Å². The summed E-state index contributed by atoms with van der Waals surface area (Å²) in [6, 6.07) is 83.6. The predicted molar refractivity (Wildman–Crippen MR) is 279 cm³/mol. The Bertz CT molecular complexity index is 4080. The van der Waals surface area contributed by atoms with Gasteiger partial charge in [0, 0.05) is 38.2 Å². The van der Waals surface area contributed by atoms with Crippen molar-refractivity contribution in [2.75, 3.05) is 0 Å². The highest BCUT2D eigenvalue weighted by Gasteiger charge is 2.46. The van der Waals surface area contributed by atoms with Crippen LogP contribution in [-0.4, -0.2) is 15.0 Å². The van der Waals surface area contributed by atoms with Gasteiger partial charge in [0.25, 0.3) is 0 Å². The lowest BCUT2D eigenvalue weighted by Gasteiger charge is -2.34. The molecule has 10 aromatic carbocycles. The molecule has 0 unspecified atom stereocenters. The summed E-state index contributed by atoms with van der Waals surface area (Å²) < 4.78 is 13.0. The number of furan rings is 2. The van der Waals surface area contributed by atoms with E-state index in [1.165, 1.54) is 33.4 Å². The van der Waals surface area contributed by atoms with Crippen LogP contribution >= 0.6 is 0 Å². The highest BCUT2D eigenvalue weighted by Crippen LogP contribution is 2.57. The highest BCUT2D eigenvalue weighted by atomic mass is 16.3. The van der Waals surface area contributed by atoms with Crippen LogP contribution in [0.3, 0.4) is 0 Å². The third-order valence-electron chi connectivity index (χ3n) is 14.1. The molecule has 0 fully saturated rings. The smallest absolute Gasteiger partial charge is 0.164 e. The zero-order valence-corrected chi connectivity index (χ0v) is 37.2. The number of fused-ring (bicyclic) bond motifs is 9. The van der Waals surface area contributed by atoms with Gasteiger partial charge in [0.15, 0.2) is 17.5 Å². The lowest BCUT2D eigenvalue weighted by Crippen LogP contribution is -2.28. The van der Waals surface area contributed by atoms with Crippen LogP contribution in [0, 0.1) is 0 Å². The summed E-state index contributed by atoms with van der Waals surface area (Å²) in [4.78, 5) is 15.7. The van der Waals surface area contributed by atoms with E-state index >= 15 is 0 Å². The number of rotatable bonds is 7. The van der Waals surface area contributed by atoms with Gasteiger partial charge in [-0.25, -0.2) is 15.0 Å². The van der Waals surface area contributed by atoms with E-state index in [2.05, 4.69) is 194 Å². The maximum atomic E-state index is 6.65. The van der Waals surface area contributed by atoms with E-state index in [0.29, 0.717) is 17.5 Å². The van der Waals surface area contributed by atoms with Gasteiger partial charge in [0.05, 0.1) is 5.41 Å². The Morgan fingerprint density at radius 3 is 1.59 bits per heavy atom. The Balaban J connectivity index is 0.943. The van der Waals surface area contributed by atoms with E-state index < -0.39 is 5.41 Å². The number of para-hydroxylation sites is 1. The number of hydrogen-bond donors (Lipinski definition) is 0. The Labute approximate surface area is 397 Å². The molecule has 0 bridgehead atoms. The van der Waals surface area contributed by atoms with Crippen molar-refractivity contribution in [1.82, 2.24) is 15.0 Å². The van der Waals surface area contributed by atoms with Gasteiger partial charge in [-0.3, -0.25) is 0 Å². The van der Waals surface area contributed by atoms with Gasteiger partial charge in [-0.2, -0.15) is 0 Å². The molecular weight excluding hydrogens is 843 g/mol. The quantitative estimate of drug-likeness (QED) is 0.160. The van der Waals surface area contributed by atoms with E-state index in [4.69, 9.17) is 23.8 Å². The molecule has 5 heteroatoms. The van der Waals surface area contributed by atoms with Gasteiger partial charge in [-0.1, -0.05) is 194 Å². The lowest BCUT2D eigenvalue weighted by molar-refractivity contribution is 0.668. The van der Waals surface area contributed by atoms with Crippen molar-refractivity contribution in [1.29, 1.82) is 0 Å². The fraction of sp³-hybridized carbons (Fsp3) is 0.0156. The number of hydrogen-bond acceptors (Lipinski definition) is 5. The Hall–Kier alpha value is -9.19. The summed E-state index contributed by atoms with van der Waals surface area (Å²) in [5, 5.41) is 4.05. The zero-order chi connectivity index (χ0) is 45.5. The molecule has 0 aliphatic heterocycles. The average Bonchev–Trinajstić information content (AvgIpc) is 4.09. The largest absolute Gasteiger partial charge is 0.456 e. The minimum Gasteiger partial charge on any atom is -0.456 e. The second kappa shape index (κ2) is 15.4. The van der Waals surface area contributed by atoms with Crippen LogP contribution in [0.25, 0.3) is 111 Å². The minimum atomic E-state index is -0.505. The molecule has 13 aromatic rings. The van der Waals surface area contributed by atoms with Gasteiger partial charge in [0.2, 0.25) is 0 Å². The van der Waals surface area contributed by atoms with Crippen molar-refractivity contribution in [3.63, 3.8) is 0 Å². The summed E-state index contributed by atoms with van der Waals surface area (Å²) in [7, 11) is 0. The second-order valence-electron chi connectivity index (χ2n) is 17.8. The first-order chi connectivity index (χ1) is 34.2. The average molecular weight is 882 g/mol. The van der Waals surface area contributed by atoms with Crippen molar-refractivity contribution in [3.8, 4) is 67.5 Å². The van der Waals surface area contributed by atoms with Gasteiger partial charge < -0.3 is 8.83 Å². The molecule has 69 heavy (non-hydrogen) atoms. The summed E-state index contributed by atoms with van der Waals surface area (Å²) in [5.74, 6) is 1.68. The lowest BCUT2D eigenvalue weighted by atomic mass is 9.67. The van der Waals surface area contributed by atoms with E-state index in [9.17, 15) is 0 Å². The Morgan fingerprint density at radius 2 is 0.797 bits per heavy atom. The van der Waals surface area contributed by atoms with Crippen molar-refractivity contribution < 1.29 is 8.83 Å². The fourth-order valence-corrected chi connectivity index (χ4v) is 10.9. The van der Waals surface area contributed by atoms with Gasteiger partial charge in [0.1, 0.15) is 22.3 Å². The molecule has 3 aromatic heterocycles. The van der Waals surface area contributed by atoms with Gasteiger partial charge >= 0.3 is 0 Å². The third-order valence-corrected chi connectivity index (χ3v) is 14.1. The molecular formula is C64H39N3O2. The van der Waals surface area contributed by atoms with Crippen LogP contribution in [0.4, 0.5) is 0 Å². The van der Waals surface area contributed by atoms with Gasteiger partial charge in [-0.05, 0) is 98.1 Å². The molecule has 0 amide bonds. The highest BCUT2D eigenvalue weighted by molar-refractivity contribution is 6.13. The second-order valence-corrected chi connectivity index (χ2v) is 17.8. The summed E-state index contributed by atoms with van der Waals surface area (Å²) in [5.41, 5.74) is 17.2. The molecule has 0 atom stereocenters.